The maximum absolute atomic E-state index is 11.8. The van der Waals surface area contributed by atoms with Crippen molar-refractivity contribution in [1.82, 2.24) is 0 Å². The lowest BCUT2D eigenvalue weighted by Gasteiger charge is -2.32. The second-order valence-corrected chi connectivity index (χ2v) is 5.84. The first-order chi connectivity index (χ1) is 10.1. The monoisotopic (exact) mass is 287 g/mol. The summed E-state index contributed by atoms with van der Waals surface area (Å²) < 4.78 is 0. The van der Waals surface area contributed by atoms with Crippen molar-refractivity contribution in [3.63, 3.8) is 0 Å². The van der Waals surface area contributed by atoms with E-state index in [4.69, 9.17) is 5.73 Å². The van der Waals surface area contributed by atoms with Crippen LogP contribution in [0.3, 0.4) is 0 Å². The molecule has 2 rings (SSSR count). The van der Waals surface area contributed by atoms with E-state index in [1.54, 1.807) is 6.08 Å². The lowest BCUT2D eigenvalue weighted by atomic mass is 9.99. The van der Waals surface area contributed by atoms with Gasteiger partial charge in [-0.1, -0.05) is 13.0 Å². The predicted molar refractivity (Wildman–Crippen MR) is 88.5 cm³/mol. The van der Waals surface area contributed by atoms with Gasteiger partial charge in [-0.25, -0.2) is 0 Å². The van der Waals surface area contributed by atoms with Gasteiger partial charge in [-0.15, -0.1) is 6.58 Å². The first-order valence-electron chi connectivity index (χ1n) is 7.62. The molecule has 1 fully saturated rings. The van der Waals surface area contributed by atoms with Crippen molar-refractivity contribution in [2.75, 3.05) is 23.3 Å². The molecular weight excluding hydrogens is 262 g/mol. The highest BCUT2D eigenvalue weighted by Crippen LogP contribution is 2.24. The number of hydrogen-bond donors (Lipinski definition) is 2. The molecule has 1 aliphatic rings. The Morgan fingerprint density at radius 2 is 2.05 bits per heavy atom. The fourth-order valence-electron chi connectivity index (χ4n) is 2.54. The summed E-state index contributed by atoms with van der Waals surface area (Å²) in [4.78, 5) is 14.2. The zero-order valence-corrected chi connectivity index (χ0v) is 12.7. The van der Waals surface area contributed by atoms with E-state index >= 15 is 0 Å². The molecule has 1 unspecified atom stereocenters. The molecule has 1 atom stereocenters. The smallest absolute Gasteiger partial charge is 0.241 e. The Bertz CT molecular complexity index is 475. The fourth-order valence-corrected chi connectivity index (χ4v) is 2.54. The SMILES string of the molecule is C=CCC(N)C(=O)Nc1ccc(N2CCC(C)CC2)cc1. The molecule has 0 aliphatic carbocycles. The molecule has 114 valence electrons. The molecule has 0 radical (unpaired) electrons. The van der Waals surface area contributed by atoms with E-state index in [9.17, 15) is 4.79 Å². The van der Waals surface area contributed by atoms with Crippen molar-refractivity contribution in [3.05, 3.63) is 36.9 Å². The quantitative estimate of drug-likeness (QED) is 0.819. The molecule has 1 aromatic carbocycles. The van der Waals surface area contributed by atoms with Crippen molar-refractivity contribution in [2.24, 2.45) is 11.7 Å². The average Bonchev–Trinajstić information content (AvgIpc) is 2.49. The summed E-state index contributed by atoms with van der Waals surface area (Å²) in [6.45, 7) is 8.12. The van der Waals surface area contributed by atoms with E-state index in [1.807, 2.05) is 12.1 Å². The third-order valence-corrected chi connectivity index (χ3v) is 4.04. The number of rotatable bonds is 5. The Morgan fingerprint density at radius 1 is 1.43 bits per heavy atom. The molecule has 1 saturated heterocycles. The number of carbonyl (C=O) groups excluding carboxylic acids is 1. The number of carbonyl (C=O) groups is 1. The number of benzene rings is 1. The van der Waals surface area contributed by atoms with Gasteiger partial charge < -0.3 is 16.0 Å². The summed E-state index contributed by atoms with van der Waals surface area (Å²) in [5, 5.41) is 2.83. The Balaban J connectivity index is 1.92. The van der Waals surface area contributed by atoms with Crippen molar-refractivity contribution < 1.29 is 4.79 Å². The summed E-state index contributed by atoms with van der Waals surface area (Å²) in [6, 6.07) is 7.46. The van der Waals surface area contributed by atoms with E-state index < -0.39 is 6.04 Å². The molecule has 21 heavy (non-hydrogen) atoms. The maximum atomic E-state index is 11.8. The van der Waals surface area contributed by atoms with Crippen LogP contribution in [0.1, 0.15) is 26.2 Å². The molecule has 0 spiro atoms. The molecule has 4 nitrogen and oxygen atoms in total. The molecule has 1 heterocycles. The van der Waals surface area contributed by atoms with Gasteiger partial charge in [0.05, 0.1) is 6.04 Å². The van der Waals surface area contributed by atoms with Crippen LogP contribution in [0.25, 0.3) is 0 Å². The Hall–Kier alpha value is -1.81. The van der Waals surface area contributed by atoms with Gasteiger partial charge in [0.2, 0.25) is 5.91 Å². The minimum atomic E-state index is -0.536. The van der Waals surface area contributed by atoms with Crippen LogP contribution in [0.5, 0.6) is 0 Å². The number of nitrogens with zero attached hydrogens (tertiary/aromatic N) is 1. The molecule has 0 aromatic heterocycles. The third kappa shape index (κ3) is 4.33. The summed E-state index contributed by atoms with van der Waals surface area (Å²) in [5.74, 6) is 0.653. The van der Waals surface area contributed by atoms with Gasteiger partial charge in [-0.3, -0.25) is 4.79 Å². The molecule has 0 bridgehead atoms. The average molecular weight is 287 g/mol. The van der Waals surface area contributed by atoms with E-state index in [0.717, 1.165) is 24.7 Å². The van der Waals surface area contributed by atoms with Gasteiger partial charge in [0.25, 0.3) is 0 Å². The van der Waals surface area contributed by atoms with Crippen molar-refractivity contribution >= 4 is 17.3 Å². The summed E-state index contributed by atoms with van der Waals surface area (Å²) in [6.07, 6.45) is 4.63. The van der Waals surface area contributed by atoms with Crippen molar-refractivity contribution in [1.29, 1.82) is 0 Å². The van der Waals surface area contributed by atoms with Crippen LogP contribution in [0.15, 0.2) is 36.9 Å². The molecule has 1 aromatic rings. The normalized spacial score (nSPS) is 17.3. The van der Waals surface area contributed by atoms with Gasteiger partial charge >= 0.3 is 0 Å². The zero-order chi connectivity index (χ0) is 15.2. The van der Waals surface area contributed by atoms with Crippen molar-refractivity contribution in [3.8, 4) is 0 Å². The number of nitrogens with two attached hydrogens (primary N) is 1. The Kier molecular flexibility index (Phi) is 5.39. The van der Waals surface area contributed by atoms with Crippen LogP contribution < -0.4 is 16.0 Å². The Labute approximate surface area is 127 Å². The lowest BCUT2D eigenvalue weighted by molar-refractivity contribution is -0.117. The van der Waals surface area contributed by atoms with Gasteiger partial charge in [-0.05, 0) is 49.4 Å². The highest BCUT2D eigenvalue weighted by atomic mass is 16.2. The Morgan fingerprint density at radius 3 is 2.62 bits per heavy atom. The van der Waals surface area contributed by atoms with Gasteiger partial charge in [-0.2, -0.15) is 0 Å². The largest absolute Gasteiger partial charge is 0.372 e. The van der Waals surface area contributed by atoms with Crippen LogP contribution in [0, 0.1) is 5.92 Å². The maximum Gasteiger partial charge on any atom is 0.241 e. The third-order valence-electron chi connectivity index (χ3n) is 4.04. The second-order valence-electron chi connectivity index (χ2n) is 5.84. The minimum Gasteiger partial charge on any atom is -0.372 e. The van der Waals surface area contributed by atoms with Crippen LogP contribution in [-0.4, -0.2) is 25.0 Å². The van der Waals surface area contributed by atoms with Gasteiger partial charge in [0, 0.05) is 24.5 Å². The molecule has 3 N–H and O–H groups in total. The van der Waals surface area contributed by atoms with Crippen LogP contribution in [0.2, 0.25) is 0 Å². The number of piperidine rings is 1. The van der Waals surface area contributed by atoms with Crippen LogP contribution in [-0.2, 0) is 4.79 Å². The van der Waals surface area contributed by atoms with E-state index in [0.29, 0.717) is 6.42 Å². The van der Waals surface area contributed by atoms with E-state index in [-0.39, 0.29) is 5.91 Å². The van der Waals surface area contributed by atoms with Gasteiger partial charge in [0.1, 0.15) is 0 Å². The summed E-state index contributed by atoms with van der Waals surface area (Å²) in [5.41, 5.74) is 7.75. The topological polar surface area (TPSA) is 58.4 Å². The van der Waals surface area contributed by atoms with Crippen molar-refractivity contribution in [2.45, 2.75) is 32.2 Å². The number of hydrogen-bond acceptors (Lipinski definition) is 3. The molecule has 1 amide bonds. The first-order valence-corrected chi connectivity index (χ1v) is 7.62. The summed E-state index contributed by atoms with van der Waals surface area (Å²) in [7, 11) is 0. The molecule has 1 aliphatic heterocycles. The lowest BCUT2D eigenvalue weighted by Crippen LogP contribution is -2.35. The van der Waals surface area contributed by atoms with E-state index in [2.05, 4.69) is 35.9 Å². The number of nitrogens with one attached hydrogen (secondary N) is 1. The first kappa shape index (κ1) is 15.6. The minimum absolute atomic E-state index is 0.172. The number of amides is 1. The fraction of sp³-hybridized carbons (Fsp3) is 0.471. The summed E-state index contributed by atoms with van der Waals surface area (Å²) >= 11 is 0. The molecule has 4 heteroatoms. The number of anilines is 2. The predicted octanol–water partition coefficient (Wildman–Crippen LogP) is 2.76. The van der Waals surface area contributed by atoms with Crippen LogP contribution in [0.4, 0.5) is 11.4 Å². The highest BCUT2D eigenvalue weighted by Gasteiger charge is 2.16. The molecule has 0 saturated carbocycles. The standard InChI is InChI=1S/C17H25N3O/c1-3-4-16(18)17(21)19-14-5-7-15(8-6-14)20-11-9-13(2)10-12-20/h3,5-8,13,16H,1,4,9-12,18H2,2H3,(H,19,21). The second kappa shape index (κ2) is 7.27. The molecular formula is C17H25N3O. The van der Waals surface area contributed by atoms with Crippen LogP contribution >= 0.6 is 0 Å². The highest BCUT2D eigenvalue weighted by molar-refractivity contribution is 5.94. The zero-order valence-electron chi connectivity index (χ0n) is 12.7. The van der Waals surface area contributed by atoms with Gasteiger partial charge in [0.15, 0.2) is 0 Å². The van der Waals surface area contributed by atoms with E-state index in [1.165, 1.54) is 18.5 Å².